The monoisotopic (exact) mass is 278 g/mol. The van der Waals surface area contributed by atoms with Crippen LogP contribution in [0.5, 0.6) is 0 Å². The van der Waals surface area contributed by atoms with Gasteiger partial charge in [0.15, 0.2) is 0 Å². The van der Waals surface area contributed by atoms with Crippen LogP contribution in [0.25, 0.3) is 0 Å². The van der Waals surface area contributed by atoms with Crippen LogP contribution >= 0.6 is 11.8 Å². The summed E-state index contributed by atoms with van der Waals surface area (Å²) in [4.78, 5) is 12.9. The fraction of sp³-hybridized carbons (Fsp3) is 0.533. The van der Waals surface area contributed by atoms with Gasteiger partial charge in [-0.2, -0.15) is 0 Å². The third-order valence-electron chi connectivity index (χ3n) is 3.61. The maximum Gasteiger partial charge on any atom is 0.230 e. The van der Waals surface area contributed by atoms with Gasteiger partial charge in [-0.05, 0) is 49.8 Å². The van der Waals surface area contributed by atoms with Gasteiger partial charge in [0.05, 0.1) is 5.75 Å². The second kappa shape index (κ2) is 6.85. The van der Waals surface area contributed by atoms with Crippen molar-refractivity contribution in [2.24, 2.45) is 5.92 Å². The van der Waals surface area contributed by atoms with E-state index in [9.17, 15) is 4.79 Å². The van der Waals surface area contributed by atoms with Crippen molar-refractivity contribution in [3.8, 4) is 0 Å². The van der Waals surface area contributed by atoms with E-state index in [4.69, 9.17) is 5.73 Å². The van der Waals surface area contributed by atoms with E-state index in [2.05, 4.69) is 12.2 Å². The van der Waals surface area contributed by atoms with Crippen LogP contribution in [-0.2, 0) is 4.79 Å². The second-order valence-corrected chi connectivity index (χ2v) is 6.43. The topological polar surface area (TPSA) is 55.1 Å². The van der Waals surface area contributed by atoms with E-state index in [-0.39, 0.29) is 5.91 Å². The molecule has 2 rings (SSSR count). The Morgan fingerprint density at radius 2 is 2.11 bits per heavy atom. The van der Waals surface area contributed by atoms with Crippen molar-refractivity contribution in [1.82, 2.24) is 5.32 Å². The summed E-state index contributed by atoms with van der Waals surface area (Å²) in [5.41, 5.74) is 6.46. The fourth-order valence-corrected chi connectivity index (χ4v) is 3.20. The van der Waals surface area contributed by atoms with Crippen LogP contribution in [0.1, 0.15) is 32.6 Å². The summed E-state index contributed by atoms with van der Waals surface area (Å²) in [6.07, 6.45) is 4.70. The molecule has 1 aliphatic carbocycles. The number of amides is 1. The van der Waals surface area contributed by atoms with Gasteiger partial charge in [-0.3, -0.25) is 4.79 Å². The standard InChI is InChI=1S/C15H22N2OS/c1-11-5-7-13(8-6-11)17-15(18)10-19-14-4-2-3-12(16)9-14/h2-4,9,11,13H,5-8,10,16H2,1H3,(H,17,18). The van der Waals surface area contributed by atoms with E-state index in [0.717, 1.165) is 29.3 Å². The first-order chi connectivity index (χ1) is 9.13. The highest BCUT2D eigenvalue weighted by Gasteiger charge is 2.19. The molecule has 1 saturated carbocycles. The largest absolute Gasteiger partial charge is 0.399 e. The zero-order chi connectivity index (χ0) is 13.7. The van der Waals surface area contributed by atoms with Crippen molar-refractivity contribution < 1.29 is 4.79 Å². The zero-order valence-electron chi connectivity index (χ0n) is 11.4. The van der Waals surface area contributed by atoms with Gasteiger partial charge in [0, 0.05) is 16.6 Å². The van der Waals surface area contributed by atoms with E-state index < -0.39 is 0 Å². The Balaban J connectivity index is 1.73. The first-order valence-electron chi connectivity index (χ1n) is 6.91. The average Bonchev–Trinajstić information content (AvgIpc) is 2.39. The minimum Gasteiger partial charge on any atom is -0.399 e. The minimum absolute atomic E-state index is 0.131. The van der Waals surface area contributed by atoms with Crippen molar-refractivity contribution in [3.05, 3.63) is 24.3 Å². The highest BCUT2D eigenvalue weighted by atomic mass is 32.2. The molecular formula is C15H22N2OS. The van der Waals surface area contributed by atoms with Gasteiger partial charge < -0.3 is 11.1 Å². The Morgan fingerprint density at radius 1 is 1.37 bits per heavy atom. The van der Waals surface area contributed by atoms with E-state index in [1.54, 1.807) is 0 Å². The molecule has 1 amide bonds. The Bertz CT molecular complexity index is 428. The number of carbonyl (C=O) groups is 1. The molecule has 0 spiro atoms. The third kappa shape index (κ3) is 4.78. The first kappa shape index (κ1) is 14.3. The molecule has 0 saturated heterocycles. The number of hydrogen-bond donors (Lipinski definition) is 2. The number of benzene rings is 1. The van der Waals surface area contributed by atoms with E-state index in [1.807, 2.05) is 24.3 Å². The summed E-state index contributed by atoms with van der Waals surface area (Å²) < 4.78 is 0. The van der Waals surface area contributed by atoms with Crippen LogP contribution in [0.2, 0.25) is 0 Å². The summed E-state index contributed by atoms with van der Waals surface area (Å²) in [7, 11) is 0. The van der Waals surface area contributed by atoms with Crippen molar-refractivity contribution >= 4 is 23.4 Å². The minimum atomic E-state index is 0.131. The number of carbonyl (C=O) groups excluding carboxylic acids is 1. The summed E-state index contributed by atoms with van der Waals surface area (Å²) >= 11 is 1.54. The fourth-order valence-electron chi connectivity index (χ4n) is 2.43. The molecule has 3 N–H and O–H groups in total. The zero-order valence-corrected chi connectivity index (χ0v) is 12.2. The van der Waals surface area contributed by atoms with Gasteiger partial charge in [0.1, 0.15) is 0 Å². The van der Waals surface area contributed by atoms with Gasteiger partial charge >= 0.3 is 0 Å². The molecule has 1 aliphatic rings. The van der Waals surface area contributed by atoms with Crippen molar-refractivity contribution in [2.45, 2.75) is 43.5 Å². The van der Waals surface area contributed by atoms with Crippen molar-refractivity contribution in [3.63, 3.8) is 0 Å². The van der Waals surface area contributed by atoms with Crippen LogP contribution in [0.15, 0.2) is 29.2 Å². The van der Waals surface area contributed by atoms with Crippen molar-refractivity contribution in [2.75, 3.05) is 11.5 Å². The highest BCUT2D eigenvalue weighted by molar-refractivity contribution is 8.00. The number of hydrogen-bond acceptors (Lipinski definition) is 3. The molecule has 0 radical (unpaired) electrons. The van der Waals surface area contributed by atoms with Crippen LogP contribution in [0.3, 0.4) is 0 Å². The molecular weight excluding hydrogens is 256 g/mol. The molecule has 19 heavy (non-hydrogen) atoms. The van der Waals surface area contributed by atoms with Gasteiger partial charge in [-0.1, -0.05) is 13.0 Å². The average molecular weight is 278 g/mol. The second-order valence-electron chi connectivity index (χ2n) is 5.39. The molecule has 1 aromatic carbocycles. The molecule has 0 aromatic heterocycles. The molecule has 0 bridgehead atoms. The lowest BCUT2D eigenvalue weighted by molar-refractivity contribution is -0.119. The summed E-state index contributed by atoms with van der Waals surface area (Å²) in [5, 5.41) is 3.13. The smallest absolute Gasteiger partial charge is 0.230 e. The van der Waals surface area contributed by atoms with E-state index >= 15 is 0 Å². The van der Waals surface area contributed by atoms with Crippen molar-refractivity contribution in [1.29, 1.82) is 0 Å². The lowest BCUT2D eigenvalue weighted by Gasteiger charge is -2.26. The van der Waals surface area contributed by atoms with Gasteiger partial charge in [0.2, 0.25) is 5.91 Å². The molecule has 0 aliphatic heterocycles. The van der Waals surface area contributed by atoms with Crippen LogP contribution in [-0.4, -0.2) is 17.7 Å². The summed E-state index contributed by atoms with van der Waals surface area (Å²) in [5.74, 6) is 1.41. The lowest BCUT2D eigenvalue weighted by Crippen LogP contribution is -2.38. The molecule has 1 aromatic rings. The first-order valence-corrected chi connectivity index (χ1v) is 7.90. The highest BCUT2D eigenvalue weighted by Crippen LogP contribution is 2.24. The number of thioether (sulfide) groups is 1. The maximum atomic E-state index is 11.9. The summed E-state index contributed by atoms with van der Waals surface area (Å²) in [6, 6.07) is 8.03. The Hall–Kier alpha value is -1.16. The Morgan fingerprint density at radius 3 is 2.79 bits per heavy atom. The quantitative estimate of drug-likeness (QED) is 0.657. The molecule has 3 nitrogen and oxygen atoms in total. The van der Waals surface area contributed by atoms with Gasteiger partial charge in [-0.15, -0.1) is 11.8 Å². The lowest BCUT2D eigenvalue weighted by atomic mass is 9.87. The number of nitrogens with one attached hydrogen (secondary N) is 1. The van der Waals surface area contributed by atoms with Gasteiger partial charge in [0.25, 0.3) is 0 Å². The SMILES string of the molecule is CC1CCC(NC(=O)CSc2cccc(N)c2)CC1. The molecule has 0 atom stereocenters. The predicted octanol–water partition coefficient (Wildman–Crippen LogP) is 3.06. The van der Waals surface area contributed by atoms with E-state index in [0.29, 0.717) is 11.8 Å². The molecule has 1 fully saturated rings. The molecule has 0 unspecified atom stereocenters. The number of anilines is 1. The number of rotatable bonds is 4. The molecule has 104 valence electrons. The summed E-state index contributed by atoms with van der Waals surface area (Å²) in [6.45, 7) is 2.29. The Labute approximate surface area is 119 Å². The predicted molar refractivity (Wildman–Crippen MR) is 81.1 cm³/mol. The van der Waals surface area contributed by atoms with Crippen LogP contribution in [0.4, 0.5) is 5.69 Å². The molecule has 4 heteroatoms. The third-order valence-corrected chi connectivity index (χ3v) is 4.60. The van der Waals surface area contributed by atoms with E-state index in [1.165, 1.54) is 24.6 Å². The van der Waals surface area contributed by atoms with Gasteiger partial charge in [-0.25, -0.2) is 0 Å². The molecule has 0 heterocycles. The maximum absolute atomic E-state index is 11.9. The Kier molecular flexibility index (Phi) is 5.14. The van der Waals surface area contributed by atoms with Crippen LogP contribution < -0.4 is 11.1 Å². The normalized spacial score (nSPS) is 23.0. The number of nitrogens with two attached hydrogens (primary N) is 1. The van der Waals surface area contributed by atoms with Crippen LogP contribution in [0, 0.1) is 5.92 Å². The number of nitrogen functional groups attached to an aromatic ring is 1.